The van der Waals surface area contributed by atoms with Crippen LogP contribution in [0.5, 0.6) is 0 Å². The number of aromatic nitrogens is 2. The predicted molar refractivity (Wildman–Crippen MR) is 73.0 cm³/mol. The summed E-state index contributed by atoms with van der Waals surface area (Å²) in [6.45, 7) is 2.46. The van der Waals surface area contributed by atoms with E-state index in [9.17, 15) is 8.78 Å². The highest BCUT2D eigenvalue weighted by atomic mass is 79.9. The zero-order chi connectivity index (χ0) is 14.2. The Bertz CT molecular complexity index is 615. The molecular formula is C12H11BrClF2N3. The lowest BCUT2D eigenvalue weighted by molar-refractivity contribution is 0.555. The van der Waals surface area contributed by atoms with Gasteiger partial charge in [0.25, 0.3) is 0 Å². The summed E-state index contributed by atoms with van der Waals surface area (Å²) in [4.78, 5) is 0. The van der Waals surface area contributed by atoms with Gasteiger partial charge in [-0.3, -0.25) is 4.68 Å². The molecular weight excluding hydrogens is 340 g/mol. The maximum atomic E-state index is 13.9. The van der Waals surface area contributed by atoms with E-state index in [-0.39, 0.29) is 10.6 Å². The van der Waals surface area contributed by atoms with Gasteiger partial charge in [0.1, 0.15) is 11.6 Å². The molecule has 2 rings (SSSR count). The van der Waals surface area contributed by atoms with Crippen molar-refractivity contribution in [3.8, 4) is 0 Å². The van der Waals surface area contributed by atoms with Crippen LogP contribution in [0.3, 0.4) is 0 Å². The number of hydrogen-bond donors (Lipinski definition) is 1. The lowest BCUT2D eigenvalue weighted by atomic mass is 10.0. The van der Waals surface area contributed by atoms with Crippen LogP contribution >= 0.6 is 27.5 Å². The molecule has 1 heterocycles. The van der Waals surface area contributed by atoms with Gasteiger partial charge in [0.2, 0.25) is 0 Å². The van der Waals surface area contributed by atoms with Crippen LogP contribution < -0.4 is 5.73 Å². The molecule has 0 saturated carbocycles. The largest absolute Gasteiger partial charge is 0.319 e. The first-order valence-electron chi connectivity index (χ1n) is 5.57. The minimum absolute atomic E-state index is 0.0396. The van der Waals surface area contributed by atoms with Gasteiger partial charge in [0.05, 0.1) is 27.4 Å². The number of benzene rings is 1. The van der Waals surface area contributed by atoms with Crippen molar-refractivity contribution in [3.05, 3.63) is 50.7 Å². The van der Waals surface area contributed by atoms with Crippen molar-refractivity contribution in [2.45, 2.75) is 19.5 Å². The Balaban J connectivity index is 2.52. The average Bonchev–Trinajstić information content (AvgIpc) is 2.74. The summed E-state index contributed by atoms with van der Waals surface area (Å²) in [5.74, 6) is -1.35. The molecule has 1 atom stereocenters. The Hall–Kier alpha value is -0.980. The number of hydrogen-bond acceptors (Lipinski definition) is 2. The molecule has 3 nitrogen and oxygen atoms in total. The van der Waals surface area contributed by atoms with Crippen LogP contribution in [0.2, 0.25) is 5.02 Å². The zero-order valence-corrected chi connectivity index (χ0v) is 12.3. The van der Waals surface area contributed by atoms with Gasteiger partial charge in [-0.05, 0) is 35.0 Å². The summed E-state index contributed by atoms with van der Waals surface area (Å²) in [5.41, 5.74) is 6.64. The van der Waals surface area contributed by atoms with Crippen molar-refractivity contribution in [1.82, 2.24) is 9.78 Å². The zero-order valence-electron chi connectivity index (χ0n) is 10.0. The van der Waals surface area contributed by atoms with Gasteiger partial charge >= 0.3 is 0 Å². The summed E-state index contributed by atoms with van der Waals surface area (Å²) in [6, 6.07) is 1.11. The lowest BCUT2D eigenvalue weighted by Gasteiger charge is -2.16. The van der Waals surface area contributed by atoms with Gasteiger partial charge in [-0.15, -0.1) is 0 Å². The molecule has 102 valence electrons. The summed E-state index contributed by atoms with van der Waals surface area (Å²) in [5, 5.41) is 3.83. The molecule has 0 bridgehead atoms. The van der Waals surface area contributed by atoms with Crippen LogP contribution in [0.25, 0.3) is 0 Å². The quantitative estimate of drug-likeness (QED) is 0.859. The highest BCUT2D eigenvalue weighted by molar-refractivity contribution is 9.10. The first kappa shape index (κ1) is 14.4. The van der Waals surface area contributed by atoms with E-state index in [1.54, 1.807) is 10.9 Å². The summed E-state index contributed by atoms with van der Waals surface area (Å²) in [6.07, 6.45) is 1.57. The van der Waals surface area contributed by atoms with Crippen molar-refractivity contribution in [1.29, 1.82) is 0 Å². The van der Waals surface area contributed by atoms with Crippen molar-refractivity contribution < 1.29 is 8.78 Å². The Morgan fingerprint density at radius 1 is 1.42 bits per heavy atom. The molecule has 2 aromatic rings. The molecule has 7 heteroatoms. The molecule has 19 heavy (non-hydrogen) atoms. The van der Waals surface area contributed by atoms with E-state index in [0.717, 1.165) is 12.1 Å². The number of rotatable bonds is 3. The normalized spacial score (nSPS) is 12.7. The third kappa shape index (κ3) is 2.66. The van der Waals surface area contributed by atoms with Gasteiger partial charge in [0.15, 0.2) is 0 Å². The van der Waals surface area contributed by atoms with E-state index in [2.05, 4.69) is 21.0 Å². The van der Waals surface area contributed by atoms with Crippen molar-refractivity contribution in [2.24, 2.45) is 5.73 Å². The predicted octanol–water partition coefficient (Wildman–Crippen LogP) is 3.65. The van der Waals surface area contributed by atoms with Crippen LogP contribution in [0.1, 0.15) is 24.2 Å². The van der Waals surface area contributed by atoms with Crippen molar-refractivity contribution in [2.75, 3.05) is 0 Å². The van der Waals surface area contributed by atoms with Gasteiger partial charge < -0.3 is 5.73 Å². The molecule has 0 aliphatic heterocycles. The van der Waals surface area contributed by atoms with Crippen molar-refractivity contribution >= 4 is 27.5 Å². The van der Waals surface area contributed by atoms with E-state index >= 15 is 0 Å². The molecule has 2 N–H and O–H groups in total. The molecule has 0 radical (unpaired) electrons. The smallest absolute Gasteiger partial charge is 0.142 e. The third-order valence-electron chi connectivity index (χ3n) is 2.80. The standard InChI is InChI=1S/C12H11BrClF2N3/c1-2-19-12(7(13)5-18-19)11(17)6-3-10(16)8(14)4-9(6)15/h3-5,11H,2,17H2,1H3. The minimum atomic E-state index is -0.830. The first-order chi connectivity index (χ1) is 8.95. The van der Waals surface area contributed by atoms with Gasteiger partial charge in [-0.2, -0.15) is 5.10 Å². The molecule has 0 saturated heterocycles. The average molecular weight is 351 g/mol. The first-order valence-corrected chi connectivity index (χ1v) is 6.74. The molecule has 0 spiro atoms. The second-order valence-corrected chi connectivity index (χ2v) is 5.22. The summed E-state index contributed by atoms with van der Waals surface area (Å²) >= 11 is 8.83. The Labute approximate surface area is 122 Å². The molecule has 0 amide bonds. The number of halogens is 4. The van der Waals surface area contributed by atoms with Crippen LogP contribution in [0.15, 0.2) is 22.8 Å². The van der Waals surface area contributed by atoms with Gasteiger partial charge in [-0.1, -0.05) is 11.6 Å². The monoisotopic (exact) mass is 349 g/mol. The fourth-order valence-electron chi connectivity index (χ4n) is 1.86. The highest BCUT2D eigenvalue weighted by Gasteiger charge is 2.22. The summed E-state index contributed by atoms with van der Waals surface area (Å²) < 4.78 is 29.6. The van der Waals surface area contributed by atoms with Crippen LogP contribution in [0.4, 0.5) is 8.78 Å². The fraction of sp³-hybridized carbons (Fsp3) is 0.250. The Kier molecular flexibility index (Phi) is 4.23. The Morgan fingerprint density at radius 3 is 2.74 bits per heavy atom. The SMILES string of the molecule is CCn1ncc(Br)c1C(N)c1cc(F)c(Cl)cc1F. The summed E-state index contributed by atoms with van der Waals surface area (Å²) in [7, 11) is 0. The minimum Gasteiger partial charge on any atom is -0.319 e. The number of aryl methyl sites for hydroxylation is 1. The maximum absolute atomic E-state index is 13.9. The number of nitrogens with zero attached hydrogens (tertiary/aromatic N) is 2. The van der Waals surface area contributed by atoms with E-state index in [1.165, 1.54) is 0 Å². The molecule has 1 aromatic carbocycles. The number of nitrogens with two attached hydrogens (primary N) is 1. The molecule has 1 unspecified atom stereocenters. The second-order valence-electron chi connectivity index (χ2n) is 3.96. The van der Waals surface area contributed by atoms with E-state index in [4.69, 9.17) is 17.3 Å². The van der Waals surface area contributed by atoms with Crippen LogP contribution in [-0.2, 0) is 6.54 Å². The van der Waals surface area contributed by atoms with E-state index in [0.29, 0.717) is 16.7 Å². The third-order valence-corrected chi connectivity index (χ3v) is 3.70. The van der Waals surface area contributed by atoms with Crippen LogP contribution in [0, 0.1) is 11.6 Å². The van der Waals surface area contributed by atoms with Gasteiger partial charge in [0, 0.05) is 12.1 Å². The molecule has 0 aliphatic carbocycles. The molecule has 0 fully saturated rings. The highest BCUT2D eigenvalue weighted by Crippen LogP contribution is 2.30. The van der Waals surface area contributed by atoms with E-state index < -0.39 is 17.7 Å². The topological polar surface area (TPSA) is 43.8 Å². The maximum Gasteiger partial charge on any atom is 0.142 e. The van der Waals surface area contributed by atoms with E-state index in [1.807, 2.05) is 6.92 Å². The molecule has 0 aliphatic rings. The second kappa shape index (κ2) is 5.56. The fourth-order valence-corrected chi connectivity index (χ4v) is 2.55. The van der Waals surface area contributed by atoms with Crippen molar-refractivity contribution in [3.63, 3.8) is 0 Å². The Morgan fingerprint density at radius 2 is 2.11 bits per heavy atom. The lowest BCUT2D eigenvalue weighted by Crippen LogP contribution is -2.19. The van der Waals surface area contributed by atoms with Gasteiger partial charge in [-0.25, -0.2) is 8.78 Å². The molecule has 1 aromatic heterocycles. The van der Waals surface area contributed by atoms with Crippen LogP contribution in [-0.4, -0.2) is 9.78 Å².